The summed E-state index contributed by atoms with van der Waals surface area (Å²) in [6.45, 7) is 14.7. The van der Waals surface area contributed by atoms with Gasteiger partial charge in [-0.1, -0.05) is 48.0 Å². The van der Waals surface area contributed by atoms with Crippen LogP contribution < -0.4 is 0 Å². The summed E-state index contributed by atoms with van der Waals surface area (Å²) in [4.78, 5) is 0. The van der Waals surface area contributed by atoms with E-state index < -0.39 is 0 Å². The second-order valence-electron chi connectivity index (χ2n) is 10.4. The lowest BCUT2D eigenvalue weighted by Crippen LogP contribution is -2.24. The van der Waals surface area contributed by atoms with Gasteiger partial charge in [-0.25, -0.2) is 0 Å². The Hall–Kier alpha value is 0. The molecule has 0 saturated heterocycles. The van der Waals surface area contributed by atoms with Crippen LogP contribution >= 0.6 is 0 Å². The maximum absolute atomic E-state index is 2.48. The fraction of sp³-hybridized carbons (Fsp3) is 1.00. The number of rotatable bonds is 0. The summed E-state index contributed by atoms with van der Waals surface area (Å²) in [7, 11) is 0. The van der Waals surface area contributed by atoms with Crippen molar-refractivity contribution in [2.24, 2.45) is 39.9 Å². The molecule has 0 radical (unpaired) electrons. The second kappa shape index (κ2) is 4.50. The lowest BCUT2D eigenvalue weighted by atomic mass is 9.73. The Morgan fingerprint density at radius 1 is 0.650 bits per heavy atom. The van der Waals surface area contributed by atoms with E-state index in [4.69, 9.17) is 0 Å². The van der Waals surface area contributed by atoms with Crippen LogP contribution in [0.4, 0.5) is 0 Å². The molecule has 4 unspecified atom stereocenters. The molecule has 4 aliphatic rings. The van der Waals surface area contributed by atoms with Crippen molar-refractivity contribution in [1.29, 1.82) is 0 Å². The maximum Gasteiger partial charge on any atom is -0.0292 e. The van der Waals surface area contributed by atoms with Gasteiger partial charge in [0.25, 0.3) is 0 Å². The molecule has 4 rings (SSSR count). The van der Waals surface area contributed by atoms with Crippen LogP contribution in [0.25, 0.3) is 0 Å². The molecule has 0 heterocycles. The topological polar surface area (TPSA) is 0 Å². The van der Waals surface area contributed by atoms with Crippen LogP contribution in [0.15, 0.2) is 0 Å². The van der Waals surface area contributed by atoms with Gasteiger partial charge in [0, 0.05) is 0 Å². The minimum absolute atomic E-state index is 0.645. The Labute approximate surface area is 127 Å². The monoisotopic (exact) mass is 276 g/mol. The van der Waals surface area contributed by atoms with Gasteiger partial charge >= 0.3 is 0 Å². The van der Waals surface area contributed by atoms with Gasteiger partial charge in [-0.3, -0.25) is 0 Å². The SMILES string of the molecule is CC1(C)CC2CCC1C2.CC1(C)CC2CCC1C2(C)C. The predicted molar refractivity (Wildman–Crippen MR) is 87.6 cm³/mol. The molecule has 20 heavy (non-hydrogen) atoms. The first-order valence-corrected chi connectivity index (χ1v) is 9.13. The summed E-state index contributed by atoms with van der Waals surface area (Å²) in [6.07, 6.45) is 10.6. The Morgan fingerprint density at radius 3 is 1.50 bits per heavy atom. The van der Waals surface area contributed by atoms with E-state index in [9.17, 15) is 0 Å². The van der Waals surface area contributed by atoms with Gasteiger partial charge in [0.05, 0.1) is 0 Å². The molecule has 4 atom stereocenters. The predicted octanol–water partition coefficient (Wildman–Crippen LogP) is 6.30. The maximum atomic E-state index is 2.48. The van der Waals surface area contributed by atoms with E-state index in [0.29, 0.717) is 16.2 Å². The minimum atomic E-state index is 0.645. The van der Waals surface area contributed by atoms with E-state index >= 15 is 0 Å². The highest BCUT2D eigenvalue weighted by molar-refractivity contribution is 5.06. The Morgan fingerprint density at radius 2 is 1.30 bits per heavy atom. The van der Waals surface area contributed by atoms with Crippen LogP contribution in [0.1, 0.15) is 86.5 Å². The quantitative estimate of drug-likeness (QED) is 0.487. The number of hydrogen-bond acceptors (Lipinski definition) is 0. The Kier molecular flexibility index (Phi) is 3.35. The highest BCUT2D eigenvalue weighted by atomic mass is 14.6. The minimum Gasteiger partial charge on any atom is -0.0596 e. The first-order chi connectivity index (χ1) is 9.13. The third-order valence-electron chi connectivity index (χ3n) is 7.93. The van der Waals surface area contributed by atoms with Crippen molar-refractivity contribution in [1.82, 2.24) is 0 Å². The largest absolute Gasteiger partial charge is 0.0596 e. The highest BCUT2D eigenvalue weighted by Gasteiger charge is 2.56. The summed E-state index contributed by atoms with van der Waals surface area (Å²) in [5.41, 5.74) is 2.01. The zero-order valence-electron chi connectivity index (χ0n) is 14.8. The molecule has 0 nitrogen and oxygen atoms in total. The molecular formula is C20H36. The first kappa shape index (κ1) is 14.9. The Balaban J connectivity index is 0.000000123. The van der Waals surface area contributed by atoms with Crippen molar-refractivity contribution in [3.05, 3.63) is 0 Å². The summed E-state index contributed by atoms with van der Waals surface area (Å²) < 4.78 is 0. The van der Waals surface area contributed by atoms with E-state index in [0.717, 1.165) is 23.7 Å². The smallest absolute Gasteiger partial charge is 0.0292 e. The van der Waals surface area contributed by atoms with Crippen molar-refractivity contribution in [3.63, 3.8) is 0 Å². The molecule has 0 amide bonds. The molecule has 4 fully saturated rings. The summed E-state index contributed by atoms with van der Waals surface area (Å²) in [5, 5.41) is 0. The first-order valence-electron chi connectivity index (χ1n) is 9.13. The summed E-state index contributed by atoms with van der Waals surface area (Å²) in [6, 6.07) is 0. The molecule has 0 spiro atoms. The van der Waals surface area contributed by atoms with Gasteiger partial charge in [0.2, 0.25) is 0 Å². The molecule has 0 heteroatoms. The molecule has 0 aromatic heterocycles. The average molecular weight is 277 g/mol. The van der Waals surface area contributed by atoms with E-state index in [1.165, 1.54) is 38.5 Å². The highest BCUT2D eigenvalue weighted by Crippen LogP contribution is 2.65. The molecule has 4 saturated carbocycles. The van der Waals surface area contributed by atoms with Crippen LogP contribution in [0.3, 0.4) is 0 Å². The van der Waals surface area contributed by atoms with Crippen molar-refractivity contribution in [3.8, 4) is 0 Å². The van der Waals surface area contributed by atoms with Crippen LogP contribution in [0.5, 0.6) is 0 Å². The van der Waals surface area contributed by atoms with Crippen LogP contribution in [0.2, 0.25) is 0 Å². The molecule has 0 aliphatic heterocycles. The Bertz CT molecular complexity index is 373. The third kappa shape index (κ3) is 2.26. The van der Waals surface area contributed by atoms with E-state index in [1.54, 1.807) is 6.42 Å². The molecular weight excluding hydrogens is 240 g/mol. The van der Waals surface area contributed by atoms with E-state index in [-0.39, 0.29) is 0 Å². The molecule has 116 valence electrons. The summed E-state index contributed by atoms with van der Waals surface area (Å²) >= 11 is 0. The van der Waals surface area contributed by atoms with Gasteiger partial charge in [-0.15, -0.1) is 0 Å². The fourth-order valence-electron chi connectivity index (χ4n) is 6.82. The normalized spacial score (nSPS) is 45.3. The molecule has 4 bridgehead atoms. The van der Waals surface area contributed by atoms with E-state index in [2.05, 4.69) is 41.5 Å². The van der Waals surface area contributed by atoms with Crippen molar-refractivity contribution in [2.75, 3.05) is 0 Å². The lowest BCUT2D eigenvalue weighted by molar-refractivity contribution is 0.171. The van der Waals surface area contributed by atoms with Gasteiger partial charge in [-0.05, 0) is 78.4 Å². The summed E-state index contributed by atoms with van der Waals surface area (Å²) in [5.74, 6) is 4.23. The van der Waals surface area contributed by atoms with Gasteiger partial charge in [0.1, 0.15) is 0 Å². The van der Waals surface area contributed by atoms with E-state index in [1.807, 2.05) is 0 Å². The lowest BCUT2D eigenvalue weighted by Gasteiger charge is -2.32. The van der Waals surface area contributed by atoms with Gasteiger partial charge < -0.3 is 0 Å². The van der Waals surface area contributed by atoms with Gasteiger partial charge in [0.15, 0.2) is 0 Å². The zero-order chi connectivity index (χ0) is 14.8. The van der Waals surface area contributed by atoms with Crippen molar-refractivity contribution >= 4 is 0 Å². The fourth-order valence-corrected chi connectivity index (χ4v) is 6.82. The standard InChI is InChI=1S/C11H20.C9H16/c1-10(2)7-8-5-6-9(10)11(8,3)4;1-9(2)6-7-3-4-8(9)5-7/h8-9H,5-7H2,1-4H3;7-8H,3-6H2,1-2H3. The third-order valence-corrected chi connectivity index (χ3v) is 7.93. The second-order valence-corrected chi connectivity index (χ2v) is 10.4. The van der Waals surface area contributed by atoms with Crippen molar-refractivity contribution in [2.45, 2.75) is 86.5 Å². The molecule has 4 aliphatic carbocycles. The van der Waals surface area contributed by atoms with Gasteiger partial charge in [-0.2, -0.15) is 0 Å². The van der Waals surface area contributed by atoms with Crippen molar-refractivity contribution < 1.29 is 0 Å². The zero-order valence-corrected chi connectivity index (χ0v) is 14.8. The number of hydrogen-bond donors (Lipinski definition) is 0. The number of fused-ring (bicyclic) bond motifs is 4. The average Bonchev–Trinajstić information content (AvgIpc) is 2.96. The molecule has 0 N–H and O–H groups in total. The van der Waals surface area contributed by atoms with Crippen LogP contribution in [-0.4, -0.2) is 0 Å². The van der Waals surface area contributed by atoms with Crippen LogP contribution in [0, 0.1) is 39.9 Å². The molecule has 0 aromatic rings. The van der Waals surface area contributed by atoms with Crippen LogP contribution in [-0.2, 0) is 0 Å². The molecule has 0 aromatic carbocycles.